The Balaban J connectivity index is 1.71. The van der Waals surface area contributed by atoms with Gasteiger partial charge < -0.3 is 14.6 Å². The standard InChI is InChI=1S/C16H21N3O/c1-17-14(4-6-16-18-8-9-19(16)2)12-3-5-15-13(11-12)7-10-20-15/h3,5,8-9,11,14,17H,4,6-7,10H2,1-2H3. The van der Waals surface area contributed by atoms with Crippen molar-refractivity contribution in [3.63, 3.8) is 0 Å². The number of aromatic nitrogens is 2. The third-order valence-corrected chi connectivity index (χ3v) is 4.04. The molecule has 1 aliphatic rings. The van der Waals surface area contributed by atoms with E-state index in [1.165, 1.54) is 11.1 Å². The van der Waals surface area contributed by atoms with Crippen molar-refractivity contribution in [2.45, 2.75) is 25.3 Å². The molecular formula is C16H21N3O. The Morgan fingerprint density at radius 2 is 2.35 bits per heavy atom. The maximum absolute atomic E-state index is 5.57. The Morgan fingerprint density at radius 3 is 3.10 bits per heavy atom. The van der Waals surface area contributed by atoms with Crippen LogP contribution in [0.4, 0.5) is 0 Å². The molecule has 2 heterocycles. The van der Waals surface area contributed by atoms with Crippen LogP contribution >= 0.6 is 0 Å². The predicted molar refractivity (Wildman–Crippen MR) is 79.0 cm³/mol. The topological polar surface area (TPSA) is 39.1 Å². The van der Waals surface area contributed by atoms with E-state index < -0.39 is 0 Å². The average Bonchev–Trinajstić information content (AvgIpc) is 3.08. The molecule has 0 spiro atoms. The fourth-order valence-electron chi connectivity index (χ4n) is 2.81. The molecule has 4 heteroatoms. The molecule has 1 aromatic carbocycles. The van der Waals surface area contributed by atoms with Crippen molar-refractivity contribution in [3.05, 3.63) is 47.5 Å². The highest BCUT2D eigenvalue weighted by Crippen LogP contribution is 2.29. The lowest BCUT2D eigenvalue weighted by Gasteiger charge is -2.17. The fraction of sp³-hybridized carbons (Fsp3) is 0.438. The molecule has 4 nitrogen and oxygen atoms in total. The van der Waals surface area contributed by atoms with Crippen molar-refractivity contribution >= 4 is 0 Å². The van der Waals surface area contributed by atoms with Crippen molar-refractivity contribution in [1.82, 2.24) is 14.9 Å². The van der Waals surface area contributed by atoms with Gasteiger partial charge in [0.05, 0.1) is 6.61 Å². The zero-order valence-electron chi connectivity index (χ0n) is 12.1. The largest absolute Gasteiger partial charge is 0.493 e. The van der Waals surface area contributed by atoms with Crippen LogP contribution < -0.4 is 10.1 Å². The van der Waals surface area contributed by atoms with Crippen molar-refractivity contribution in [3.8, 4) is 5.75 Å². The first kappa shape index (κ1) is 13.2. The number of rotatable bonds is 5. The fourth-order valence-corrected chi connectivity index (χ4v) is 2.81. The van der Waals surface area contributed by atoms with E-state index in [0.717, 1.165) is 37.4 Å². The van der Waals surface area contributed by atoms with Gasteiger partial charge in [-0.05, 0) is 30.7 Å². The van der Waals surface area contributed by atoms with Crippen LogP contribution in [0.15, 0.2) is 30.6 Å². The van der Waals surface area contributed by atoms with Gasteiger partial charge in [-0.2, -0.15) is 0 Å². The molecule has 3 rings (SSSR count). The zero-order valence-corrected chi connectivity index (χ0v) is 12.1. The molecule has 0 saturated heterocycles. The number of ether oxygens (including phenoxy) is 1. The number of nitrogens with one attached hydrogen (secondary N) is 1. The summed E-state index contributed by atoms with van der Waals surface area (Å²) in [7, 11) is 4.07. The number of hydrogen-bond acceptors (Lipinski definition) is 3. The SMILES string of the molecule is CNC(CCc1nccn1C)c1ccc2c(c1)CCO2. The first-order chi connectivity index (χ1) is 9.78. The molecule has 0 amide bonds. The lowest BCUT2D eigenvalue weighted by Crippen LogP contribution is -2.18. The second-order valence-electron chi connectivity index (χ2n) is 5.30. The van der Waals surface area contributed by atoms with Gasteiger partial charge in [0.2, 0.25) is 0 Å². The summed E-state index contributed by atoms with van der Waals surface area (Å²) in [5.41, 5.74) is 2.67. The van der Waals surface area contributed by atoms with Gasteiger partial charge in [0.15, 0.2) is 0 Å². The number of imidazole rings is 1. The predicted octanol–water partition coefficient (Wildman–Crippen LogP) is 2.25. The van der Waals surface area contributed by atoms with E-state index in [0.29, 0.717) is 6.04 Å². The van der Waals surface area contributed by atoms with Crippen molar-refractivity contribution < 1.29 is 4.74 Å². The molecule has 2 aromatic rings. The van der Waals surface area contributed by atoms with Gasteiger partial charge >= 0.3 is 0 Å². The summed E-state index contributed by atoms with van der Waals surface area (Å²) in [6, 6.07) is 6.91. The second-order valence-corrected chi connectivity index (χ2v) is 5.30. The van der Waals surface area contributed by atoms with E-state index in [1.54, 1.807) is 0 Å². The summed E-state index contributed by atoms with van der Waals surface area (Å²) in [5.74, 6) is 2.18. The molecule has 0 saturated carbocycles. The van der Waals surface area contributed by atoms with Crippen LogP contribution in [-0.2, 0) is 19.9 Å². The second kappa shape index (κ2) is 5.67. The Bertz CT molecular complexity index is 591. The molecule has 106 valence electrons. The summed E-state index contributed by atoms with van der Waals surface area (Å²) < 4.78 is 7.65. The number of hydrogen-bond donors (Lipinski definition) is 1. The van der Waals surface area contributed by atoms with Gasteiger partial charge in [0, 0.05) is 38.3 Å². The monoisotopic (exact) mass is 271 g/mol. The van der Waals surface area contributed by atoms with E-state index in [9.17, 15) is 0 Å². The van der Waals surface area contributed by atoms with E-state index in [-0.39, 0.29) is 0 Å². The van der Waals surface area contributed by atoms with Gasteiger partial charge in [-0.25, -0.2) is 4.98 Å². The van der Waals surface area contributed by atoms with Crippen LogP contribution in [0.5, 0.6) is 5.75 Å². The van der Waals surface area contributed by atoms with Crippen LogP contribution in [-0.4, -0.2) is 23.2 Å². The number of nitrogens with zero attached hydrogens (tertiary/aromatic N) is 2. The van der Waals surface area contributed by atoms with Crippen LogP contribution in [0.25, 0.3) is 0 Å². The molecule has 1 N–H and O–H groups in total. The molecule has 1 unspecified atom stereocenters. The first-order valence-electron chi connectivity index (χ1n) is 7.17. The first-order valence-corrected chi connectivity index (χ1v) is 7.17. The van der Waals surface area contributed by atoms with Gasteiger partial charge in [0.1, 0.15) is 11.6 Å². The Labute approximate surface area is 119 Å². The lowest BCUT2D eigenvalue weighted by molar-refractivity contribution is 0.356. The van der Waals surface area contributed by atoms with Gasteiger partial charge in [0.25, 0.3) is 0 Å². The highest BCUT2D eigenvalue weighted by Gasteiger charge is 2.16. The van der Waals surface area contributed by atoms with Gasteiger partial charge in [-0.15, -0.1) is 0 Å². The maximum atomic E-state index is 5.57. The lowest BCUT2D eigenvalue weighted by atomic mass is 9.99. The van der Waals surface area contributed by atoms with E-state index >= 15 is 0 Å². The van der Waals surface area contributed by atoms with Crippen molar-refractivity contribution in [2.24, 2.45) is 7.05 Å². The summed E-state index contributed by atoms with van der Waals surface area (Å²) in [5, 5.41) is 3.41. The van der Waals surface area contributed by atoms with E-state index in [4.69, 9.17) is 4.74 Å². The molecule has 0 bridgehead atoms. The number of aryl methyl sites for hydroxylation is 2. The zero-order chi connectivity index (χ0) is 13.9. The molecule has 0 aliphatic carbocycles. The Morgan fingerprint density at radius 1 is 1.45 bits per heavy atom. The summed E-state index contributed by atoms with van der Waals surface area (Å²) in [6.07, 6.45) is 6.90. The molecule has 0 radical (unpaired) electrons. The summed E-state index contributed by atoms with van der Waals surface area (Å²) in [4.78, 5) is 4.39. The maximum Gasteiger partial charge on any atom is 0.122 e. The highest BCUT2D eigenvalue weighted by atomic mass is 16.5. The normalized spacial score (nSPS) is 14.9. The molecule has 20 heavy (non-hydrogen) atoms. The quantitative estimate of drug-likeness (QED) is 0.906. The van der Waals surface area contributed by atoms with Gasteiger partial charge in [-0.3, -0.25) is 0 Å². The number of benzene rings is 1. The van der Waals surface area contributed by atoms with E-state index in [2.05, 4.69) is 33.1 Å². The van der Waals surface area contributed by atoms with Gasteiger partial charge in [-0.1, -0.05) is 12.1 Å². The highest BCUT2D eigenvalue weighted by molar-refractivity contribution is 5.40. The van der Waals surface area contributed by atoms with Crippen molar-refractivity contribution in [2.75, 3.05) is 13.7 Å². The Kier molecular flexibility index (Phi) is 3.74. The Hall–Kier alpha value is -1.81. The van der Waals surface area contributed by atoms with Crippen LogP contribution in [0.3, 0.4) is 0 Å². The average molecular weight is 271 g/mol. The van der Waals surface area contributed by atoms with E-state index in [1.807, 2.05) is 26.5 Å². The van der Waals surface area contributed by atoms with Crippen LogP contribution in [0.2, 0.25) is 0 Å². The minimum atomic E-state index is 0.359. The third-order valence-electron chi connectivity index (χ3n) is 4.04. The van der Waals surface area contributed by atoms with Crippen LogP contribution in [0, 0.1) is 0 Å². The number of fused-ring (bicyclic) bond motifs is 1. The summed E-state index contributed by atoms with van der Waals surface area (Å²) >= 11 is 0. The molecular weight excluding hydrogens is 250 g/mol. The van der Waals surface area contributed by atoms with Crippen molar-refractivity contribution in [1.29, 1.82) is 0 Å². The summed E-state index contributed by atoms with van der Waals surface area (Å²) in [6.45, 7) is 0.816. The van der Waals surface area contributed by atoms with Crippen LogP contribution in [0.1, 0.15) is 29.4 Å². The molecule has 1 aliphatic heterocycles. The molecule has 1 aromatic heterocycles. The minimum absolute atomic E-state index is 0.359. The third kappa shape index (κ3) is 2.56. The molecule has 1 atom stereocenters. The molecule has 0 fully saturated rings. The minimum Gasteiger partial charge on any atom is -0.493 e. The smallest absolute Gasteiger partial charge is 0.122 e.